The minimum absolute atomic E-state index is 0.334. The van der Waals surface area contributed by atoms with Gasteiger partial charge in [-0.05, 0) is 52.9 Å². The van der Waals surface area contributed by atoms with Crippen molar-refractivity contribution in [3.8, 4) is 44.6 Å². The average Bonchev–Trinajstić information content (AvgIpc) is 3.38. The van der Waals surface area contributed by atoms with Crippen molar-refractivity contribution >= 4 is 21.9 Å². The molecule has 0 atom stereocenters. The van der Waals surface area contributed by atoms with Gasteiger partial charge in [0.1, 0.15) is 22.8 Å². The van der Waals surface area contributed by atoms with Gasteiger partial charge in [0, 0.05) is 34.2 Å². The first-order valence-corrected chi connectivity index (χ1v) is 13.1. The maximum absolute atomic E-state index is 15.4. The minimum Gasteiger partial charge on any atom is -0.455 e. The summed E-state index contributed by atoms with van der Waals surface area (Å²) >= 11 is 0. The molecule has 0 aliphatic rings. The van der Waals surface area contributed by atoms with Crippen LogP contribution < -0.4 is 0 Å². The van der Waals surface area contributed by atoms with Gasteiger partial charge in [-0.2, -0.15) is 0 Å². The van der Waals surface area contributed by atoms with E-state index in [-0.39, 0.29) is 11.6 Å². The zero-order chi connectivity index (χ0) is 27.2. The van der Waals surface area contributed by atoms with E-state index in [0.717, 1.165) is 27.5 Å². The highest BCUT2D eigenvalue weighted by Gasteiger charge is 2.19. The Balaban J connectivity index is 1.30. The molecule has 0 amide bonds. The van der Waals surface area contributed by atoms with Crippen LogP contribution in [0.3, 0.4) is 0 Å². The third kappa shape index (κ3) is 4.05. The molecular weight excluding hydrogens is 500 g/mol. The molecule has 0 saturated carbocycles. The lowest BCUT2D eigenvalue weighted by Crippen LogP contribution is -1.89. The summed E-state index contributed by atoms with van der Waals surface area (Å²) in [5, 5.41) is 1.62. The first-order valence-electron chi connectivity index (χ1n) is 13.1. The van der Waals surface area contributed by atoms with Crippen LogP contribution >= 0.6 is 0 Å². The normalized spacial score (nSPS) is 11.4. The molecule has 2 nitrogen and oxygen atoms in total. The molecule has 2 aromatic heterocycles. The molecule has 192 valence electrons. The predicted octanol–water partition coefficient (Wildman–Crippen LogP) is 10.2. The van der Waals surface area contributed by atoms with Gasteiger partial charge >= 0.3 is 0 Å². The lowest BCUT2D eigenvalue weighted by Gasteiger charge is -2.08. The minimum atomic E-state index is -0.368. The standard InChI is InChI=1S/C36H23F2NO/c1-22-21-39-33(20-32(22)38)30-9-5-8-28-29-18-19-31(37)34(36(29)40-35(28)30)27-16-14-26(15-17-27)25-12-10-24(11-13-25)23-6-3-2-4-7-23/h2-21H,1H3. The summed E-state index contributed by atoms with van der Waals surface area (Å²) in [4.78, 5) is 4.41. The first kappa shape index (κ1) is 24.0. The second-order valence-corrected chi connectivity index (χ2v) is 9.92. The summed E-state index contributed by atoms with van der Waals surface area (Å²) in [7, 11) is 0. The van der Waals surface area contributed by atoms with Crippen LogP contribution in [-0.2, 0) is 0 Å². The van der Waals surface area contributed by atoms with Gasteiger partial charge in [0.25, 0.3) is 0 Å². The molecule has 5 aromatic carbocycles. The van der Waals surface area contributed by atoms with Gasteiger partial charge in [-0.3, -0.25) is 4.98 Å². The van der Waals surface area contributed by atoms with Crippen LogP contribution in [0.2, 0.25) is 0 Å². The van der Waals surface area contributed by atoms with E-state index in [2.05, 4.69) is 41.4 Å². The lowest BCUT2D eigenvalue weighted by atomic mass is 9.97. The summed E-state index contributed by atoms with van der Waals surface area (Å²) < 4.78 is 36.0. The number of furan rings is 1. The third-order valence-corrected chi connectivity index (χ3v) is 7.43. The van der Waals surface area contributed by atoms with Crippen LogP contribution in [0.1, 0.15) is 5.56 Å². The van der Waals surface area contributed by atoms with Crippen LogP contribution in [-0.4, -0.2) is 4.98 Å². The van der Waals surface area contributed by atoms with Crippen LogP contribution in [0.5, 0.6) is 0 Å². The molecule has 0 bridgehead atoms. The highest BCUT2D eigenvalue weighted by molar-refractivity contribution is 6.12. The Morgan fingerprint density at radius 1 is 0.550 bits per heavy atom. The average molecular weight is 524 g/mol. The van der Waals surface area contributed by atoms with Crippen molar-refractivity contribution in [1.82, 2.24) is 4.98 Å². The number of pyridine rings is 1. The molecule has 0 radical (unpaired) electrons. The van der Waals surface area contributed by atoms with E-state index in [1.807, 2.05) is 60.7 Å². The van der Waals surface area contributed by atoms with Gasteiger partial charge < -0.3 is 4.42 Å². The monoisotopic (exact) mass is 523 g/mol. The molecule has 0 spiro atoms. The molecule has 2 heterocycles. The Bertz CT molecular complexity index is 2010. The first-order chi connectivity index (χ1) is 19.6. The maximum atomic E-state index is 15.4. The SMILES string of the molecule is Cc1cnc(-c2cccc3c2oc2c(-c4ccc(-c5ccc(-c6ccccc6)cc5)cc4)c(F)ccc23)cc1F. The number of hydrogen-bond acceptors (Lipinski definition) is 2. The van der Waals surface area contributed by atoms with E-state index in [9.17, 15) is 4.39 Å². The van der Waals surface area contributed by atoms with Gasteiger partial charge in [-0.1, -0.05) is 91.0 Å². The molecule has 7 rings (SSSR count). The van der Waals surface area contributed by atoms with E-state index in [0.29, 0.717) is 39.1 Å². The quantitative estimate of drug-likeness (QED) is 0.229. The lowest BCUT2D eigenvalue weighted by molar-refractivity contribution is 0.616. The number of rotatable bonds is 4. The topological polar surface area (TPSA) is 26.0 Å². The van der Waals surface area contributed by atoms with Gasteiger partial charge in [-0.25, -0.2) is 8.78 Å². The Kier molecular flexibility index (Phi) is 5.75. The largest absolute Gasteiger partial charge is 0.455 e. The van der Waals surface area contributed by atoms with E-state index in [4.69, 9.17) is 4.42 Å². The Morgan fingerprint density at radius 2 is 1.15 bits per heavy atom. The number of aromatic nitrogens is 1. The maximum Gasteiger partial charge on any atom is 0.146 e. The number of para-hydroxylation sites is 1. The Hall–Kier alpha value is -5.09. The zero-order valence-corrected chi connectivity index (χ0v) is 21.7. The number of halogens is 2. The number of nitrogens with zero attached hydrogens (tertiary/aromatic N) is 1. The van der Waals surface area contributed by atoms with Gasteiger partial charge in [0.05, 0.1) is 11.3 Å². The molecule has 0 fully saturated rings. The van der Waals surface area contributed by atoms with Gasteiger partial charge in [0.15, 0.2) is 0 Å². The van der Waals surface area contributed by atoms with Crippen molar-refractivity contribution in [1.29, 1.82) is 0 Å². The van der Waals surface area contributed by atoms with Crippen LogP contribution in [0.15, 0.2) is 126 Å². The molecule has 7 aromatic rings. The second-order valence-electron chi connectivity index (χ2n) is 9.92. The summed E-state index contributed by atoms with van der Waals surface area (Å²) in [6.07, 6.45) is 1.51. The van der Waals surface area contributed by atoms with Crippen molar-refractivity contribution in [3.63, 3.8) is 0 Å². The smallest absolute Gasteiger partial charge is 0.146 e. The fraction of sp³-hybridized carbons (Fsp3) is 0.0278. The van der Waals surface area contributed by atoms with Crippen molar-refractivity contribution in [2.45, 2.75) is 6.92 Å². The number of benzene rings is 5. The highest BCUT2D eigenvalue weighted by atomic mass is 19.1. The Labute approximate surface area is 230 Å². The molecule has 40 heavy (non-hydrogen) atoms. The van der Waals surface area contributed by atoms with E-state index in [1.54, 1.807) is 13.0 Å². The van der Waals surface area contributed by atoms with Crippen LogP contribution in [0, 0.1) is 18.6 Å². The number of hydrogen-bond donors (Lipinski definition) is 0. The molecule has 4 heteroatoms. The zero-order valence-electron chi connectivity index (χ0n) is 21.7. The molecule has 0 N–H and O–H groups in total. The predicted molar refractivity (Wildman–Crippen MR) is 158 cm³/mol. The number of fused-ring (bicyclic) bond motifs is 3. The fourth-order valence-electron chi connectivity index (χ4n) is 5.27. The van der Waals surface area contributed by atoms with Crippen molar-refractivity contribution in [2.75, 3.05) is 0 Å². The number of aryl methyl sites for hydroxylation is 1. The van der Waals surface area contributed by atoms with Crippen LogP contribution in [0.4, 0.5) is 8.78 Å². The molecule has 0 saturated heterocycles. The Morgan fingerprint density at radius 3 is 1.80 bits per heavy atom. The molecular formula is C36H23F2NO. The molecule has 0 aliphatic heterocycles. The van der Waals surface area contributed by atoms with Crippen LogP contribution in [0.25, 0.3) is 66.6 Å². The van der Waals surface area contributed by atoms with E-state index >= 15 is 4.39 Å². The van der Waals surface area contributed by atoms with Crippen molar-refractivity contribution in [3.05, 3.63) is 139 Å². The molecule has 0 unspecified atom stereocenters. The summed E-state index contributed by atoms with van der Waals surface area (Å²) in [6, 6.07) is 36.8. The van der Waals surface area contributed by atoms with Gasteiger partial charge in [0.2, 0.25) is 0 Å². The summed E-state index contributed by atoms with van der Waals surface area (Å²) in [5.74, 6) is -0.702. The van der Waals surface area contributed by atoms with Crippen molar-refractivity contribution in [2.24, 2.45) is 0 Å². The van der Waals surface area contributed by atoms with Crippen molar-refractivity contribution < 1.29 is 13.2 Å². The fourth-order valence-corrected chi connectivity index (χ4v) is 5.27. The van der Waals surface area contributed by atoms with Gasteiger partial charge in [-0.15, -0.1) is 0 Å². The third-order valence-electron chi connectivity index (χ3n) is 7.43. The second kappa shape index (κ2) is 9.58. The summed E-state index contributed by atoms with van der Waals surface area (Å²) in [6.45, 7) is 1.67. The summed E-state index contributed by atoms with van der Waals surface area (Å²) in [5.41, 5.74) is 8.16. The molecule has 0 aliphatic carbocycles. The van der Waals surface area contributed by atoms with E-state index < -0.39 is 0 Å². The highest BCUT2D eigenvalue weighted by Crippen LogP contribution is 2.41. The van der Waals surface area contributed by atoms with E-state index in [1.165, 1.54) is 23.9 Å².